The Morgan fingerprint density at radius 3 is 3.06 bits per heavy atom. The lowest BCUT2D eigenvalue weighted by atomic mass is 10.1. The van der Waals surface area contributed by atoms with Crippen LogP contribution in [0.1, 0.15) is 20.3 Å². The number of aromatic amines is 1. The summed E-state index contributed by atoms with van der Waals surface area (Å²) in [6, 6.07) is 0.664. The zero-order valence-corrected chi connectivity index (χ0v) is 11.3. The minimum atomic E-state index is 0.664. The number of likely N-dealkylation sites (tertiary alicyclic amines) is 1. The van der Waals surface area contributed by atoms with Gasteiger partial charge in [0.25, 0.3) is 0 Å². The van der Waals surface area contributed by atoms with Gasteiger partial charge in [0, 0.05) is 19.1 Å². The van der Waals surface area contributed by atoms with Crippen molar-refractivity contribution in [3.05, 3.63) is 3.95 Å². The second-order valence-electron chi connectivity index (χ2n) is 4.54. The van der Waals surface area contributed by atoms with E-state index >= 15 is 0 Å². The van der Waals surface area contributed by atoms with Crippen molar-refractivity contribution in [3.8, 4) is 0 Å². The van der Waals surface area contributed by atoms with Gasteiger partial charge in [-0.15, -0.1) is 5.10 Å². The molecule has 90 valence electrons. The van der Waals surface area contributed by atoms with Crippen LogP contribution < -0.4 is 5.32 Å². The summed E-state index contributed by atoms with van der Waals surface area (Å²) >= 11 is 6.49. The number of anilines is 1. The number of nitrogens with one attached hydrogen (secondary N) is 2. The highest BCUT2D eigenvalue weighted by molar-refractivity contribution is 7.73. The summed E-state index contributed by atoms with van der Waals surface area (Å²) in [4.78, 5) is 2.53. The normalized spacial score (nSPS) is 21.8. The highest BCUT2D eigenvalue weighted by Gasteiger charge is 2.23. The average Bonchev–Trinajstić information content (AvgIpc) is 2.83. The van der Waals surface area contributed by atoms with Crippen molar-refractivity contribution in [3.63, 3.8) is 0 Å². The summed E-state index contributed by atoms with van der Waals surface area (Å²) in [6.45, 7) is 7.93. The maximum atomic E-state index is 4.99. The number of nitrogens with zero attached hydrogens (tertiary/aromatic N) is 2. The Hall–Kier alpha value is -0.460. The standard InChI is InChI=1S/C10H18N4S2/c1-7(2)14-4-3-8(6-14)5-11-9-12-13-10(15)16-9/h7-8H,3-6H2,1-2H3,(H,11,12)(H,13,15). The molecule has 16 heavy (non-hydrogen) atoms. The van der Waals surface area contributed by atoms with Gasteiger partial charge in [-0.05, 0) is 44.9 Å². The Labute approximate surface area is 105 Å². The maximum Gasteiger partial charge on any atom is 0.204 e. The van der Waals surface area contributed by atoms with Gasteiger partial charge in [0.2, 0.25) is 5.13 Å². The number of rotatable bonds is 4. The molecular weight excluding hydrogens is 240 g/mol. The number of hydrogen-bond donors (Lipinski definition) is 2. The first kappa shape index (κ1) is 12.0. The Morgan fingerprint density at radius 1 is 1.69 bits per heavy atom. The van der Waals surface area contributed by atoms with Crippen LogP contribution in [0, 0.1) is 9.87 Å². The molecule has 0 bridgehead atoms. The lowest BCUT2D eigenvalue weighted by Crippen LogP contribution is -2.29. The molecule has 1 aliphatic rings. The monoisotopic (exact) mass is 258 g/mol. The summed E-state index contributed by atoms with van der Waals surface area (Å²) in [5.74, 6) is 0.736. The molecule has 1 atom stereocenters. The van der Waals surface area contributed by atoms with Crippen LogP contribution in [0.5, 0.6) is 0 Å². The average molecular weight is 258 g/mol. The first-order chi connectivity index (χ1) is 7.65. The van der Waals surface area contributed by atoms with Crippen molar-refractivity contribution in [2.24, 2.45) is 5.92 Å². The largest absolute Gasteiger partial charge is 0.360 e. The highest BCUT2D eigenvalue weighted by Crippen LogP contribution is 2.19. The predicted octanol–water partition coefficient (Wildman–Crippen LogP) is 2.34. The zero-order chi connectivity index (χ0) is 11.5. The van der Waals surface area contributed by atoms with Gasteiger partial charge in [-0.25, -0.2) is 0 Å². The molecule has 0 radical (unpaired) electrons. The Balaban J connectivity index is 1.77. The molecule has 0 spiro atoms. The molecule has 2 N–H and O–H groups in total. The SMILES string of the molecule is CC(C)N1CCC(CNc2n[nH]c(=S)s2)C1. The van der Waals surface area contributed by atoms with Crippen LogP contribution in [0.4, 0.5) is 5.13 Å². The third kappa shape index (κ3) is 3.02. The molecule has 1 aromatic rings. The minimum absolute atomic E-state index is 0.664. The van der Waals surface area contributed by atoms with Gasteiger partial charge in [-0.2, -0.15) is 0 Å². The van der Waals surface area contributed by atoms with E-state index in [9.17, 15) is 0 Å². The molecule has 1 fully saturated rings. The van der Waals surface area contributed by atoms with E-state index in [0.29, 0.717) is 6.04 Å². The van der Waals surface area contributed by atoms with Gasteiger partial charge in [-0.3, -0.25) is 5.10 Å². The fourth-order valence-corrected chi connectivity index (χ4v) is 2.83. The van der Waals surface area contributed by atoms with Crippen LogP contribution >= 0.6 is 23.6 Å². The Kier molecular flexibility index (Phi) is 3.94. The summed E-state index contributed by atoms with van der Waals surface area (Å²) in [5.41, 5.74) is 0. The molecular formula is C10H18N4S2. The van der Waals surface area contributed by atoms with Crippen LogP contribution in [0.15, 0.2) is 0 Å². The van der Waals surface area contributed by atoms with Crippen LogP contribution in [0.25, 0.3) is 0 Å². The fraction of sp³-hybridized carbons (Fsp3) is 0.800. The summed E-state index contributed by atoms with van der Waals surface area (Å²) in [6.07, 6.45) is 1.28. The van der Waals surface area contributed by atoms with E-state index in [0.717, 1.165) is 21.5 Å². The lowest BCUT2D eigenvalue weighted by Gasteiger charge is -2.20. The van der Waals surface area contributed by atoms with Crippen LogP contribution in [-0.2, 0) is 0 Å². The van der Waals surface area contributed by atoms with Crippen molar-refractivity contribution in [1.29, 1.82) is 0 Å². The predicted molar refractivity (Wildman–Crippen MR) is 70.6 cm³/mol. The van der Waals surface area contributed by atoms with E-state index in [1.807, 2.05) is 0 Å². The third-order valence-electron chi connectivity index (χ3n) is 3.03. The number of hydrogen-bond acceptors (Lipinski definition) is 5. The maximum absolute atomic E-state index is 4.99. The second kappa shape index (κ2) is 5.25. The van der Waals surface area contributed by atoms with Crippen LogP contribution in [0.2, 0.25) is 0 Å². The molecule has 0 aromatic carbocycles. The van der Waals surface area contributed by atoms with Gasteiger partial charge in [0.15, 0.2) is 3.95 Å². The van der Waals surface area contributed by atoms with E-state index in [1.165, 1.54) is 30.8 Å². The summed E-state index contributed by atoms with van der Waals surface area (Å²) < 4.78 is 0.734. The molecule has 0 saturated carbocycles. The van der Waals surface area contributed by atoms with Crippen LogP contribution in [0.3, 0.4) is 0 Å². The molecule has 2 heterocycles. The van der Waals surface area contributed by atoms with Crippen molar-refractivity contribution in [2.45, 2.75) is 26.3 Å². The van der Waals surface area contributed by atoms with Crippen molar-refractivity contribution >= 4 is 28.7 Å². The number of H-pyrrole nitrogens is 1. The first-order valence-corrected chi connectivity index (χ1v) is 6.91. The van der Waals surface area contributed by atoms with Crippen molar-refractivity contribution in [1.82, 2.24) is 15.1 Å². The third-order valence-corrected chi connectivity index (χ3v) is 4.07. The molecule has 0 amide bonds. The van der Waals surface area contributed by atoms with E-state index in [-0.39, 0.29) is 0 Å². The van der Waals surface area contributed by atoms with Gasteiger partial charge in [0.1, 0.15) is 0 Å². The quantitative estimate of drug-likeness (QED) is 0.814. The molecule has 0 aliphatic carbocycles. The molecule has 2 rings (SSSR count). The van der Waals surface area contributed by atoms with Gasteiger partial charge in [-0.1, -0.05) is 11.3 Å². The Bertz CT molecular complexity index is 384. The van der Waals surface area contributed by atoms with E-state index in [4.69, 9.17) is 12.2 Å². The second-order valence-corrected chi connectivity index (χ2v) is 6.21. The molecule has 1 unspecified atom stereocenters. The van der Waals surface area contributed by atoms with E-state index in [2.05, 4.69) is 34.3 Å². The van der Waals surface area contributed by atoms with Gasteiger partial charge in [0.05, 0.1) is 0 Å². The van der Waals surface area contributed by atoms with Crippen LogP contribution in [-0.4, -0.2) is 40.8 Å². The lowest BCUT2D eigenvalue weighted by molar-refractivity contribution is 0.266. The first-order valence-electron chi connectivity index (χ1n) is 5.68. The van der Waals surface area contributed by atoms with Crippen molar-refractivity contribution in [2.75, 3.05) is 25.0 Å². The molecule has 1 aromatic heterocycles. The summed E-state index contributed by atoms with van der Waals surface area (Å²) in [5, 5.41) is 11.1. The fourth-order valence-electron chi connectivity index (χ4n) is 2.04. The summed E-state index contributed by atoms with van der Waals surface area (Å²) in [7, 11) is 0. The van der Waals surface area contributed by atoms with E-state index < -0.39 is 0 Å². The minimum Gasteiger partial charge on any atom is -0.360 e. The Morgan fingerprint density at radius 2 is 2.50 bits per heavy atom. The van der Waals surface area contributed by atoms with E-state index in [1.54, 1.807) is 0 Å². The van der Waals surface area contributed by atoms with Gasteiger partial charge < -0.3 is 10.2 Å². The zero-order valence-electron chi connectivity index (χ0n) is 9.69. The molecule has 6 heteroatoms. The number of aromatic nitrogens is 2. The molecule has 1 saturated heterocycles. The molecule has 4 nitrogen and oxygen atoms in total. The smallest absolute Gasteiger partial charge is 0.204 e. The van der Waals surface area contributed by atoms with Crippen molar-refractivity contribution < 1.29 is 0 Å². The topological polar surface area (TPSA) is 44.0 Å². The highest BCUT2D eigenvalue weighted by atomic mass is 32.1. The van der Waals surface area contributed by atoms with Gasteiger partial charge >= 0.3 is 0 Å². The molecule has 1 aliphatic heterocycles.